The maximum absolute atomic E-state index is 12.0. The molecule has 100 valence electrons. The molecule has 3 N–H and O–H groups in total. The first-order valence-corrected chi connectivity index (χ1v) is 5.86. The lowest BCUT2D eigenvalue weighted by Gasteiger charge is -2.20. The maximum atomic E-state index is 12.0. The minimum Gasteiger partial charge on any atom is -0.394 e. The third kappa shape index (κ3) is 2.95. The number of aliphatic hydroxyl groups excluding tert-OH is 1. The van der Waals surface area contributed by atoms with Crippen molar-refractivity contribution in [2.75, 3.05) is 6.61 Å². The van der Waals surface area contributed by atoms with Crippen molar-refractivity contribution in [1.82, 2.24) is 15.5 Å². The van der Waals surface area contributed by atoms with Crippen molar-refractivity contribution in [3.05, 3.63) is 27.2 Å². The van der Waals surface area contributed by atoms with Gasteiger partial charge in [-0.2, -0.15) is 5.10 Å². The molecule has 0 saturated heterocycles. The number of hydrogen-bond acceptors (Lipinski definition) is 4. The molecule has 1 heterocycles. The number of aromatic amines is 1. The van der Waals surface area contributed by atoms with Gasteiger partial charge < -0.3 is 10.4 Å². The Morgan fingerprint density at radius 3 is 2.56 bits per heavy atom. The summed E-state index contributed by atoms with van der Waals surface area (Å²) < 4.78 is 0. The number of nitrogens with one attached hydrogen (secondary N) is 2. The van der Waals surface area contributed by atoms with Gasteiger partial charge in [-0.3, -0.25) is 9.59 Å². The number of carbonyl (C=O) groups excluding carboxylic acids is 1. The Bertz CT molecular complexity index is 494. The van der Waals surface area contributed by atoms with Crippen molar-refractivity contribution < 1.29 is 9.90 Å². The van der Waals surface area contributed by atoms with E-state index >= 15 is 0 Å². The Morgan fingerprint density at radius 2 is 2.06 bits per heavy atom. The zero-order valence-electron chi connectivity index (χ0n) is 11.1. The minimum atomic E-state index is -0.518. The van der Waals surface area contributed by atoms with Crippen molar-refractivity contribution in [2.24, 2.45) is 5.92 Å². The van der Waals surface area contributed by atoms with Crippen LogP contribution in [0.25, 0.3) is 0 Å². The van der Waals surface area contributed by atoms with E-state index in [0.717, 1.165) is 0 Å². The number of aliphatic hydroxyl groups is 1. The van der Waals surface area contributed by atoms with E-state index < -0.39 is 11.5 Å². The van der Waals surface area contributed by atoms with E-state index in [1.807, 2.05) is 13.8 Å². The van der Waals surface area contributed by atoms with Gasteiger partial charge in [0.15, 0.2) is 0 Å². The van der Waals surface area contributed by atoms with Gasteiger partial charge in [0.05, 0.1) is 18.3 Å². The summed E-state index contributed by atoms with van der Waals surface area (Å²) in [7, 11) is 0. The van der Waals surface area contributed by atoms with Crippen LogP contribution in [0, 0.1) is 19.8 Å². The molecule has 1 amide bonds. The summed E-state index contributed by atoms with van der Waals surface area (Å²) in [4.78, 5) is 23.7. The summed E-state index contributed by atoms with van der Waals surface area (Å²) in [6.45, 7) is 7.00. The van der Waals surface area contributed by atoms with E-state index in [1.54, 1.807) is 13.8 Å². The lowest BCUT2D eigenvalue weighted by atomic mass is 10.0. The fourth-order valence-electron chi connectivity index (χ4n) is 1.56. The molecule has 0 bridgehead atoms. The van der Waals surface area contributed by atoms with Crippen molar-refractivity contribution >= 4 is 5.91 Å². The Balaban J connectivity index is 3.05. The van der Waals surface area contributed by atoms with Gasteiger partial charge in [-0.05, 0) is 25.3 Å². The van der Waals surface area contributed by atoms with E-state index in [9.17, 15) is 14.7 Å². The number of H-pyrrole nitrogens is 1. The van der Waals surface area contributed by atoms with Gasteiger partial charge >= 0.3 is 0 Å². The Morgan fingerprint density at radius 1 is 1.44 bits per heavy atom. The fourth-order valence-corrected chi connectivity index (χ4v) is 1.56. The second-order valence-electron chi connectivity index (χ2n) is 4.64. The van der Waals surface area contributed by atoms with Gasteiger partial charge in [-0.15, -0.1) is 0 Å². The van der Waals surface area contributed by atoms with E-state index in [-0.39, 0.29) is 24.1 Å². The fraction of sp³-hybridized carbons (Fsp3) is 0.583. The predicted molar refractivity (Wildman–Crippen MR) is 67.5 cm³/mol. The molecule has 0 fully saturated rings. The first kappa shape index (κ1) is 14.4. The molecule has 0 aliphatic rings. The average molecular weight is 253 g/mol. The summed E-state index contributed by atoms with van der Waals surface area (Å²) in [5, 5.41) is 17.9. The molecular formula is C12H19N3O3. The van der Waals surface area contributed by atoms with Crippen LogP contribution >= 0.6 is 0 Å². The van der Waals surface area contributed by atoms with E-state index in [4.69, 9.17) is 0 Å². The van der Waals surface area contributed by atoms with Crippen LogP contribution in [0.3, 0.4) is 0 Å². The average Bonchev–Trinajstić information content (AvgIpc) is 2.31. The Hall–Kier alpha value is -1.69. The van der Waals surface area contributed by atoms with Crippen LogP contribution in [-0.4, -0.2) is 33.9 Å². The Labute approximate surface area is 105 Å². The molecule has 0 unspecified atom stereocenters. The topological polar surface area (TPSA) is 95.1 Å². The molecule has 1 atom stereocenters. The van der Waals surface area contributed by atoms with Crippen LogP contribution in [0.2, 0.25) is 0 Å². The number of carbonyl (C=O) groups is 1. The number of nitrogens with zero attached hydrogens (tertiary/aromatic N) is 1. The molecule has 0 aliphatic carbocycles. The quantitative estimate of drug-likeness (QED) is 0.711. The highest BCUT2D eigenvalue weighted by atomic mass is 16.3. The first-order chi connectivity index (χ1) is 8.38. The number of hydrogen-bond donors (Lipinski definition) is 3. The molecular weight excluding hydrogens is 234 g/mol. The molecule has 0 aliphatic heterocycles. The Kier molecular flexibility index (Phi) is 4.61. The number of amides is 1. The summed E-state index contributed by atoms with van der Waals surface area (Å²) in [5.74, 6) is -0.395. The van der Waals surface area contributed by atoms with Gasteiger partial charge in [-0.1, -0.05) is 13.8 Å². The second kappa shape index (κ2) is 5.77. The SMILES string of the molecule is Cc1n[nH]c(=O)c(C(=O)N[C@H](CO)C(C)C)c1C. The lowest BCUT2D eigenvalue weighted by molar-refractivity contribution is 0.0894. The molecule has 6 nitrogen and oxygen atoms in total. The van der Waals surface area contributed by atoms with Gasteiger partial charge in [0.1, 0.15) is 5.56 Å². The number of aromatic nitrogens is 2. The zero-order valence-corrected chi connectivity index (χ0v) is 11.1. The zero-order chi connectivity index (χ0) is 13.9. The molecule has 6 heteroatoms. The van der Waals surface area contributed by atoms with E-state index in [1.165, 1.54) is 0 Å². The summed E-state index contributed by atoms with van der Waals surface area (Å²) in [6.07, 6.45) is 0. The molecule has 18 heavy (non-hydrogen) atoms. The highest BCUT2D eigenvalue weighted by Crippen LogP contribution is 2.07. The van der Waals surface area contributed by atoms with Crippen LogP contribution in [0.15, 0.2) is 4.79 Å². The number of rotatable bonds is 4. The van der Waals surface area contributed by atoms with Crippen molar-refractivity contribution in [2.45, 2.75) is 33.7 Å². The monoisotopic (exact) mass is 253 g/mol. The van der Waals surface area contributed by atoms with E-state index in [2.05, 4.69) is 15.5 Å². The van der Waals surface area contributed by atoms with Gasteiger partial charge in [0.2, 0.25) is 0 Å². The molecule has 0 radical (unpaired) electrons. The first-order valence-electron chi connectivity index (χ1n) is 5.86. The van der Waals surface area contributed by atoms with Crippen molar-refractivity contribution in [3.63, 3.8) is 0 Å². The third-order valence-corrected chi connectivity index (χ3v) is 3.01. The summed E-state index contributed by atoms with van der Waals surface area (Å²) in [5.41, 5.74) is 0.694. The van der Waals surface area contributed by atoms with Crippen LogP contribution < -0.4 is 10.9 Å². The maximum Gasteiger partial charge on any atom is 0.277 e. The third-order valence-electron chi connectivity index (χ3n) is 3.01. The van der Waals surface area contributed by atoms with Crippen molar-refractivity contribution in [1.29, 1.82) is 0 Å². The standard InChI is InChI=1S/C12H19N3O3/c1-6(2)9(5-16)13-11(17)10-7(3)8(4)14-15-12(10)18/h6,9,16H,5H2,1-4H3,(H,13,17)(H,15,18)/t9-/m1/s1. The lowest BCUT2D eigenvalue weighted by Crippen LogP contribution is -2.43. The molecule has 0 spiro atoms. The van der Waals surface area contributed by atoms with Crippen molar-refractivity contribution in [3.8, 4) is 0 Å². The highest BCUT2D eigenvalue weighted by molar-refractivity contribution is 5.95. The second-order valence-corrected chi connectivity index (χ2v) is 4.64. The van der Waals surface area contributed by atoms with Gasteiger partial charge in [0.25, 0.3) is 11.5 Å². The minimum absolute atomic E-state index is 0.0570. The normalized spacial score (nSPS) is 12.6. The molecule has 0 aromatic carbocycles. The number of aryl methyl sites for hydroxylation is 1. The van der Waals surface area contributed by atoms with Gasteiger partial charge in [0, 0.05) is 0 Å². The van der Waals surface area contributed by atoms with Crippen LogP contribution in [0.5, 0.6) is 0 Å². The van der Waals surface area contributed by atoms with Crippen LogP contribution in [-0.2, 0) is 0 Å². The predicted octanol–water partition coefficient (Wildman–Crippen LogP) is 0.133. The summed E-state index contributed by atoms with van der Waals surface area (Å²) in [6, 6.07) is -0.371. The molecule has 1 rings (SSSR count). The molecule has 1 aromatic rings. The van der Waals surface area contributed by atoms with Gasteiger partial charge in [-0.25, -0.2) is 5.10 Å². The van der Waals surface area contributed by atoms with E-state index in [0.29, 0.717) is 11.3 Å². The van der Waals surface area contributed by atoms with Crippen LogP contribution in [0.4, 0.5) is 0 Å². The van der Waals surface area contributed by atoms with Crippen LogP contribution in [0.1, 0.15) is 35.5 Å². The largest absolute Gasteiger partial charge is 0.394 e. The molecule has 0 saturated carbocycles. The summed E-state index contributed by atoms with van der Waals surface area (Å²) >= 11 is 0. The molecule has 1 aromatic heterocycles. The smallest absolute Gasteiger partial charge is 0.277 e. The highest BCUT2D eigenvalue weighted by Gasteiger charge is 2.20.